The van der Waals surface area contributed by atoms with Gasteiger partial charge < -0.3 is 9.84 Å². The molecule has 0 bridgehead atoms. The monoisotopic (exact) mass is 281 g/mol. The van der Waals surface area contributed by atoms with Gasteiger partial charge in [0.1, 0.15) is 17.3 Å². The van der Waals surface area contributed by atoms with E-state index in [0.717, 1.165) is 0 Å². The minimum absolute atomic E-state index is 0.0480. The molecule has 1 N–H and O–H groups in total. The lowest BCUT2D eigenvalue weighted by molar-refractivity contribution is 0.169. The summed E-state index contributed by atoms with van der Waals surface area (Å²) < 4.78 is 18.7. The van der Waals surface area contributed by atoms with Crippen LogP contribution in [0.1, 0.15) is 25.1 Å². The fraction of sp³-hybridized carbons (Fsp3) is 0.214. The summed E-state index contributed by atoms with van der Waals surface area (Å²) in [7, 11) is 0. The van der Waals surface area contributed by atoms with Gasteiger partial charge in [0.25, 0.3) is 0 Å². The molecule has 0 aliphatic heterocycles. The Balaban J connectivity index is 2.12. The fourth-order valence-electron chi connectivity index (χ4n) is 1.53. The van der Waals surface area contributed by atoms with Gasteiger partial charge in [0.2, 0.25) is 0 Å². The summed E-state index contributed by atoms with van der Waals surface area (Å²) in [6.45, 7) is 1.87. The first kappa shape index (κ1) is 13.8. The largest absolute Gasteiger partial charge is 0.456 e. The molecule has 0 fully saturated rings. The maximum atomic E-state index is 13.2. The molecule has 1 aromatic carbocycles. The number of ether oxygens (including phenoxy) is 1. The van der Waals surface area contributed by atoms with E-state index in [1.54, 1.807) is 18.2 Å². The maximum absolute atomic E-state index is 13.2. The van der Waals surface area contributed by atoms with Crippen molar-refractivity contribution in [1.82, 2.24) is 4.98 Å². The lowest BCUT2D eigenvalue weighted by atomic mass is 10.2. The number of halogens is 2. The van der Waals surface area contributed by atoms with Crippen LogP contribution in [0, 0.1) is 5.82 Å². The highest BCUT2D eigenvalue weighted by atomic mass is 35.5. The summed E-state index contributed by atoms with van der Waals surface area (Å²) in [6.07, 6.45) is 1.50. The highest BCUT2D eigenvalue weighted by Gasteiger charge is 2.07. The third-order valence-electron chi connectivity index (χ3n) is 2.61. The lowest BCUT2D eigenvalue weighted by Gasteiger charge is -2.09. The van der Waals surface area contributed by atoms with Crippen molar-refractivity contribution in [2.75, 3.05) is 0 Å². The van der Waals surface area contributed by atoms with Crippen molar-refractivity contribution in [3.05, 3.63) is 53.1 Å². The van der Waals surface area contributed by atoms with Gasteiger partial charge in [0, 0.05) is 6.07 Å². The van der Waals surface area contributed by atoms with Crippen molar-refractivity contribution in [2.45, 2.75) is 19.4 Å². The Morgan fingerprint density at radius 1 is 1.32 bits per heavy atom. The number of aliphatic hydroxyl groups is 1. The summed E-state index contributed by atoms with van der Waals surface area (Å²) in [5.74, 6) is 0.270. The first-order chi connectivity index (χ1) is 9.10. The summed E-state index contributed by atoms with van der Waals surface area (Å²) in [5.41, 5.74) is 0.581. The van der Waals surface area contributed by atoms with Gasteiger partial charge in [-0.25, -0.2) is 4.39 Å². The van der Waals surface area contributed by atoms with Crippen LogP contribution in [0.2, 0.25) is 5.02 Å². The minimum Gasteiger partial charge on any atom is -0.456 e. The van der Waals surface area contributed by atoms with E-state index in [9.17, 15) is 9.50 Å². The van der Waals surface area contributed by atoms with Crippen molar-refractivity contribution < 1.29 is 14.2 Å². The molecule has 19 heavy (non-hydrogen) atoms. The molecule has 0 amide bonds. The predicted octanol–water partition coefficient (Wildman–Crippen LogP) is 4.11. The second-order valence-corrected chi connectivity index (χ2v) is 4.43. The molecular weight excluding hydrogens is 269 g/mol. The van der Waals surface area contributed by atoms with Crippen LogP contribution in [-0.4, -0.2) is 10.1 Å². The zero-order valence-electron chi connectivity index (χ0n) is 10.3. The number of aromatic nitrogens is 1. The Kier molecular flexibility index (Phi) is 4.35. The van der Waals surface area contributed by atoms with E-state index in [0.29, 0.717) is 23.6 Å². The molecular formula is C14H13ClFNO2. The number of pyridine rings is 1. The molecule has 1 atom stereocenters. The Labute approximate surface area is 115 Å². The summed E-state index contributed by atoms with van der Waals surface area (Å²) in [4.78, 5) is 4.09. The predicted molar refractivity (Wildman–Crippen MR) is 71.0 cm³/mol. The van der Waals surface area contributed by atoms with Gasteiger partial charge in [-0.15, -0.1) is 0 Å². The molecule has 100 valence electrons. The molecule has 0 radical (unpaired) electrons. The SMILES string of the molecule is CCC(O)c1ccc(Oc2ccc(Cl)c(F)c2)cn1. The molecule has 2 aromatic rings. The fourth-order valence-corrected chi connectivity index (χ4v) is 1.65. The van der Waals surface area contributed by atoms with Crippen LogP contribution in [0.25, 0.3) is 0 Å². The number of hydrogen-bond donors (Lipinski definition) is 1. The molecule has 0 spiro atoms. The van der Waals surface area contributed by atoms with Gasteiger partial charge in [-0.2, -0.15) is 0 Å². The maximum Gasteiger partial charge on any atom is 0.145 e. The van der Waals surface area contributed by atoms with E-state index in [2.05, 4.69) is 4.98 Å². The molecule has 0 saturated heterocycles. The highest BCUT2D eigenvalue weighted by Crippen LogP contribution is 2.25. The Hall–Kier alpha value is -1.65. The summed E-state index contributed by atoms with van der Waals surface area (Å²) in [5, 5.41) is 9.66. The van der Waals surface area contributed by atoms with E-state index >= 15 is 0 Å². The normalized spacial score (nSPS) is 12.2. The summed E-state index contributed by atoms with van der Waals surface area (Å²) in [6, 6.07) is 7.55. The Morgan fingerprint density at radius 2 is 2.05 bits per heavy atom. The number of aliphatic hydroxyl groups excluding tert-OH is 1. The first-order valence-electron chi connectivity index (χ1n) is 5.87. The average Bonchev–Trinajstić information content (AvgIpc) is 2.43. The van der Waals surface area contributed by atoms with Crippen LogP contribution >= 0.6 is 11.6 Å². The van der Waals surface area contributed by atoms with Crippen molar-refractivity contribution in [3.8, 4) is 11.5 Å². The van der Waals surface area contributed by atoms with Crippen LogP contribution in [0.15, 0.2) is 36.5 Å². The summed E-state index contributed by atoms with van der Waals surface area (Å²) >= 11 is 5.58. The van der Waals surface area contributed by atoms with Crippen molar-refractivity contribution >= 4 is 11.6 Å². The second kappa shape index (κ2) is 5.99. The van der Waals surface area contributed by atoms with E-state index in [4.69, 9.17) is 16.3 Å². The number of benzene rings is 1. The van der Waals surface area contributed by atoms with Crippen LogP contribution in [0.4, 0.5) is 4.39 Å². The second-order valence-electron chi connectivity index (χ2n) is 4.02. The number of nitrogens with zero attached hydrogens (tertiary/aromatic N) is 1. The third kappa shape index (κ3) is 3.43. The first-order valence-corrected chi connectivity index (χ1v) is 6.25. The van der Waals surface area contributed by atoms with Gasteiger partial charge in [0.15, 0.2) is 0 Å². The molecule has 5 heteroatoms. The van der Waals surface area contributed by atoms with Gasteiger partial charge >= 0.3 is 0 Å². The van der Waals surface area contributed by atoms with Crippen molar-refractivity contribution in [3.63, 3.8) is 0 Å². The topological polar surface area (TPSA) is 42.4 Å². The molecule has 2 rings (SSSR count). The van der Waals surface area contributed by atoms with Crippen LogP contribution in [0.5, 0.6) is 11.5 Å². The molecule has 0 aliphatic carbocycles. The van der Waals surface area contributed by atoms with Crippen molar-refractivity contribution in [1.29, 1.82) is 0 Å². The van der Waals surface area contributed by atoms with Crippen molar-refractivity contribution in [2.24, 2.45) is 0 Å². The molecule has 1 aromatic heterocycles. The van der Waals surface area contributed by atoms with E-state index < -0.39 is 11.9 Å². The smallest absolute Gasteiger partial charge is 0.145 e. The standard InChI is InChI=1S/C14H13ClFNO2/c1-2-14(18)13-6-4-10(8-17-13)19-9-3-5-11(15)12(16)7-9/h3-8,14,18H,2H2,1H3. The Bertz CT molecular complexity index is 560. The molecule has 3 nitrogen and oxygen atoms in total. The molecule has 0 saturated carbocycles. The average molecular weight is 282 g/mol. The van der Waals surface area contributed by atoms with Crippen LogP contribution in [-0.2, 0) is 0 Å². The van der Waals surface area contributed by atoms with Gasteiger partial charge in [-0.1, -0.05) is 18.5 Å². The minimum atomic E-state index is -0.581. The highest BCUT2D eigenvalue weighted by molar-refractivity contribution is 6.30. The molecule has 1 unspecified atom stereocenters. The molecule has 0 aliphatic rings. The number of hydrogen-bond acceptors (Lipinski definition) is 3. The van der Waals surface area contributed by atoms with E-state index in [1.165, 1.54) is 18.3 Å². The van der Waals surface area contributed by atoms with Crippen LogP contribution in [0.3, 0.4) is 0 Å². The van der Waals surface area contributed by atoms with E-state index in [1.807, 2.05) is 6.92 Å². The quantitative estimate of drug-likeness (QED) is 0.917. The van der Waals surface area contributed by atoms with E-state index in [-0.39, 0.29) is 5.02 Å². The van der Waals surface area contributed by atoms with Crippen LogP contribution < -0.4 is 4.74 Å². The zero-order valence-corrected chi connectivity index (χ0v) is 11.1. The third-order valence-corrected chi connectivity index (χ3v) is 2.92. The van der Waals surface area contributed by atoms with Gasteiger partial charge in [0.05, 0.1) is 23.0 Å². The number of rotatable bonds is 4. The Morgan fingerprint density at radius 3 is 2.63 bits per heavy atom. The van der Waals surface area contributed by atoms with Gasteiger partial charge in [-0.3, -0.25) is 4.98 Å². The zero-order chi connectivity index (χ0) is 13.8. The lowest BCUT2D eigenvalue weighted by Crippen LogP contribution is -1.98. The molecule has 1 heterocycles. The van der Waals surface area contributed by atoms with Gasteiger partial charge in [-0.05, 0) is 30.7 Å².